The minimum Gasteiger partial charge on any atom is -0.441 e. The zero-order chi connectivity index (χ0) is 14.8. The normalized spacial score (nSPS) is 21.5. The third kappa shape index (κ3) is 3.26. The molecule has 0 radical (unpaired) electrons. The Morgan fingerprint density at radius 3 is 2.68 bits per heavy atom. The number of aliphatic hydroxyl groups is 1. The number of ether oxygens (including phenoxy) is 1. The van der Waals surface area contributed by atoms with E-state index in [0.717, 1.165) is 26.2 Å². The SMILES string of the molecule is Cl.O=C1O[C@@H](CO)CN1c1ccc(N2CCNCC2)c(F)c1. The lowest BCUT2D eigenvalue weighted by molar-refractivity contribution is 0.0963. The van der Waals surface area contributed by atoms with E-state index in [-0.39, 0.29) is 31.4 Å². The first-order chi connectivity index (χ1) is 10.2. The fourth-order valence-electron chi connectivity index (χ4n) is 2.65. The molecule has 1 atom stereocenters. The van der Waals surface area contributed by atoms with Gasteiger partial charge in [-0.3, -0.25) is 4.90 Å². The first-order valence-electron chi connectivity index (χ1n) is 7.03. The molecule has 2 aliphatic heterocycles. The topological polar surface area (TPSA) is 65.0 Å². The molecule has 2 N–H and O–H groups in total. The van der Waals surface area contributed by atoms with Gasteiger partial charge in [-0.15, -0.1) is 12.4 Å². The van der Waals surface area contributed by atoms with E-state index >= 15 is 0 Å². The number of amides is 1. The highest BCUT2D eigenvalue weighted by molar-refractivity contribution is 5.90. The van der Waals surface area contributed by atoms with Crippen LogP contribution in [-0.2, 0) is 4.74 Å². The summed E-state index contributed by atoms with van der Waals surface area (Å²) in [6.45, 7) is 3.18. The van der Waals surface area contributed by atoms with Gasteiger partial charge in [0.15, 0.2) is 0 Å². The number of nitrogens with one attached hydrogen (secondary N) is 1. The monoisotopic (exact) mass is 331 g/mol. The van der Waals surface area contributed by atoms with Crippen LogP contribution in [0.2, 0.25) is 0 Å². The van der Waals surface area contributed by atoms with Crippen molar-refractivity contribution in [3.05, 3.63) is 24.0 Å². The first kappa shape index (κ1) is 16.8. The van der Waals surface area contributed by atoms with Crippen molar-refractivity contribution >= 4 is 29.9 Å². The predicted octanol–water partition coefficient (Wildman–Crippen LogP) is 0.975. The third-order valence-corrected chi connectivity index (χ3v) is 3.78. The standard InChI is InChI=1S/C14H18FN3O3.ClH/c15-12-7-10(18-8-11(9-19)21-14(18)20)1-2-13(12)17-5-3-16-4-6-17;/h1-2,7,11,16,19H,3-6,8-9H2;1H/t11-;/m1./s1. The van der Waals surface area contributed by atoms with Gasteiger partial charge in [-0.25, -0.2) is 9.18 Å². The van der Waals surface area contributed by atoms with Gasteiger partial charge in [-0.2, -0.15) is 0 Å². The summed E-state index contributed by atoms with van der Waals surface area (Å²) in [5.41, 5.74) is 0.999. The summed E-state index contributed by atoms with van der Waals surface area (Å²) >= 11 is 0. The molecule has 22 heavy (non-hydrogen) atoms. The van der Waals surface area contributed by atoms with Crippen LogP contribution in [0, 0.1) is 5.82 Å². The van der Waals surface area contributed by atoms with Crippen LogP contribution in [0.1, 0.15) is 0 Å². The lowest BCUT2D eigenvalue weighted by Crippen LogP contribution is -2.43. The Morgan fingerprint density at radius 1 is 1.36 bits per heavy atom. The second-order valence-electron chi connectivity index (χ2n) is 5.17. The fraction of sp³-hybridized carbons (Fsp3) is 0.500. The van der Waals surface area contributed by atoms with Crippen LogP contribution in [0.25, 0.3) is 0 Å². The van der Waals surface area contributed by atoms with E-state index < -0.39 is 12.2 Å². The maximum Gasteiger partial charge on any atom is 0.414 e. The van der Waals surface area contributed by atoms with Gasteiger partial charge in [-0.05, 0) is 18.2 Å². The van der Waals surface area contributed by atoms with Gasteiger partial charge in [0.05, 0.1) is 24.5 Å². The van der Waals surface area contributed by atoms with Crippen LogP contribution in [0.15, 0.2) is 18.2 Å². The average Bonchev–Trinajstić information content (AvgIpc) is 2.89. The highest BCUT2D eigenvalue weighted by atomic mass is 35.5. The number of cyclic esters (lactones) is 1. The third-order valence-electron chi connectivity index (χ3n) is 3.78. The molecule has 1 amide bonds. The minimum atomic E-state index is -0.552. The van der Waals surface area contributed by atoms with E-state index in [2.05, 4.69) is 5.32 Å². The summed E-state index contributed by atoms with van der Waals surface area (Å²) < 4.78 is 19.3. The molecule has 3 rings (SSSR count). The molecule has 0 aliphatic carbocycles. The number of nitrogens with zero attached hydrogens (tertiary/aromatic N) is 2. The van der Waals surface area contributed by atoms with Gasteiger partial charge in [0, 0.05) is 26.2 Å². The zero-order valence-corrected chi connectivity index (χ0v) is 12.8. The number of halogens is 2. The van der Waals surface area contributed by atoms with Gasteiger partial charge in [0.1, 0.15) is 11.9 Å². The van der Waals surface area contributed by atoms with Crippen LogP contribution >= 0.6 is 12.4 Å². The molecular formula is C14H19ClFN3O3. The number of hydrogen-bond donors (Lipinski definition) is 2. The van der Waals surface area contributed by atoms with Gasteiger partial charge < -0.3 is 20.1 Å². The molecule has 6 nitrogen and oxygen atoms in total. The minimum absolute atomic E-state index is 0. The number of piperazine rings is 1. The van der Waals surface area contributed by atoms with E-state index in [4.69, 9.17) is 9.84 Å². The number of rotatable bonds is 3. The molecule has 0 spiro atoms. The largest absolute Gasteiger partial charge is 0.441 e. The van der Waals surface area contributed by atoms with Crippen molar-refractivity contribution in [1.82, 2.24) is 5.32 Å². The zero-order valence-electron chi connectivity index (χ0n) is 12.0. The Kier molecular flexibility index (Phi) is 5.44. The molecule has 2 fully saturated rings. The van der Waals surface area contributed by atoms with Crippen LogP contribution in [-0.4, -0.2) is 56.6 Å². The van der Waals surface area contributed by atoms with E-state index in [1.807, 2.05) is 4.90 Å². The van der Waals surface area contributed by atoms with E-state index in [0.29, 0.717) is 11.4 Å². The number of aliphatic hydroxyl groups excluding tert-OH is 1. The van der Waals surface area contributed by atoms with Crippen molar-refractivity contribution in [2.45, 2.75) is 6.10 Å². The molecule has 1 aromatic rings. The van der Waals surface area contributed by atoms with Gasteiger partial charge in [0.2, 0.25) is 0 Å². The van der Waals surface area contributed by atoms with Crippen molar-refractivity contribution in [2.24, 2.45) is 0 Å². The summed E-state index contributed by atoms with van der Waals surface area (Å²) in [4.78, 5) is 15.0. The van der Waals surface area contributed by atoms with Crippen molar-refractivity contribution in [3.63, 3.8) is 0 Å². The number of anilines is 2. The Hall–Kier alpha value is -1.57. The molecule has 2 saturated heterocycles. The molecular weight excluding hydrogens is 313 g/mol. The molecule has 1 aromatic carbocycles. The summed E-state index contributed by atoms with van der Waals surface area (Å²) in [6, 6.07) is 4.75. The van der Waals surface area contributed by atoms with Crippen LogP contribution < -0.4 is 15.1 Å². The number of benzene rings is 1. The maximum atomic E-state index is 14.3. The van der Waals surface area contributed by atoms with E-state index in [9.17, 15) is 9.18 Å². The Morgan fingerprint density at radius 2 is 2.09 bits per heavy atom. The molecule has 0 aromatic heterocycles. The smallest absolute Gasteiger partial charge is 0.414 e. The van der Waals surface area contributed by atoms with Crippen molar-refractivity contribution in [1.29, 1.82) is 0 Å². The second-order valence-corrected chi connectivity index (χ2v) is 5.17. The highest BCUT2D eigenvalue weighted by Crippen LogP contribution is 2.28. The Bertz CT molecular complexity index is 540. The average molecular weight is 332 g/mol. The lowest BCUT2D eigenvalue weighted by Gasteiger charge is -2.30. The lowest BCUT2D eigenvalue weighted by atomic mass is 10.2. The van der Waals surface area contributed by atoms with Crippen LogP contribution in [0.3, 0.4) is 0 Å². The van der Waals surface area contributed by atoms with Crippen LogP contribution in [0.4, 0.5) is 20.6 Å². The molecule has 8 heteroatoms. The molecule has 0 saturated carbocycles. The predicted molar refractivity (Wildman–Crippen MR) is 83.4 cm³/mol. The number of carbonyl (C=O) groups excluding carboxylic acids is 1. The summed E-state index contributed by atoms with van der Waals surface area (Å²) in [7, 11) is 0. The van der Waals surface area contributed by atoms with Gasteiger partial charge >= 0.3 is 6.09 Å². The number of hydrogen-bond acceptors (Lipinski definition) is 5. The van der Waals surface area contributed by atoms with Crippen LogP contribution in [0.5, 0.6) is 0 Å². The molecule has 122 valence electrons. The second kappa shape index (κ2) is 7.13. The summed E-state index contributed by atoms with van der Waals surface area (Å²) in [6.07, 6.45) is -1.10. The Labute approximate surface area is 134 Å². The number of carbonyl (C=O) groups is 1. The molecule has 0 bridgehead atoms. The maximum absolute atomic E-state index is 14.3. The van der Waals surface area contributed by atoms with Crippen molar-refractivity contribution < 1.29 is 19.0 Å². The first-order valence-corrected chi connectivity index (χ1v) is 7.03. The highest BCUT2D eigenvalue weighted by Gasteiger charge is 2.32. The molecule has 0 unspecified atom stereocenters. The summed E-state index contributed by atoms with van der Waals surface area (Å²) in [5.74, 6) is -0.352. The molecule has 2 heterocycles. The molecule has 2 aliphatic rings. The van der Waals surface area contributed by atoms with E-state index in [1.165, 1.54) is 11.0 Å². The Balaban J connectivity index is 0.00000176. The van der Waals surface area contributed by atoms with Gasteiger partial charge in [0.25, 0.3) is 0 Å². The summed E-state index contributed by atoms with van der Waals surface area (Å²) in [5, 5.41) is 12.2. The quantitative estimate of drug-likeness (QED) is 0.864. The van der Waals surface area contributed by atoms with Gasteiger partial charge in [-0.1, -0.05) is 0 Å². The fourth-order valence-corrected chi connectivity index (χ4v) is 2.65. The van der Waals surface area contributed by atoms with Crippen molar-refractivity contribution in [2.75, 3.05) is 49.1 Å². The van der Waals surface area contributed by atoms with E-state index in [1.54, 1.807) is 12.1 Å². The van der Waals surface area contributed by atoms with Crippen molar-refractivity contribution in [3.8, 4) is 0 Å².